The number of nitrogens with one attached hydrogen (secondary N) is 1. The summed E-state index contributed by atoms with van der Waals surface area (Å²) in [6.07, 6.45) is -0.583. The highest BCUT2D eigenvalue weighted by Gasteiger charge is 2.21. The summed E-state index contributed by atoms with van der Waals surface area (Å²) in [6, 6.07) is 13.3. The Labute approximate surface area is 132 Å². The van der Waals surface area contributed by atoms with E-state index in [1.165, 1.54) is 12.1 Å². The van der Waals surface area contributed by atoms with Crippen molar-refractivity contribution < 1.29 is 14.3 Å². The molecule has 0 bridgehead atoms. The van der Waals surface area contributed by atoms with E-state index in [0.717, 1.165) is 5.69 Å². The van der Waals surface area contributed by atoms with E-state index in [1.54, 1.807) is 10.6 Å². The number of hydrogen-bond donors (Lipinski definition) is 2. The molecule has 6 heteroatoms. The van der Waals surface area contributed by atoms with Gasteiger partial charge in [0.2, 0.25) is 0 Å². The molecule has 1 aromatic heterocycles. The van der Waals surface area contributed by atoms with E-state index >= 15 is 0 Å². The Bertz CT molecular complexity index is 846. The van der Waals surface area contributed by atoms with Gasteiger partial charge in [-0.05, 0) is 30.7 Å². The molecular weight excluding hydrogens is 297 g/mol. The van der Waals surface area contributed by atoms with Crippen LogP contribution in [0.25, 0.3) is 16.7 Å². The van der Waals surface area contributed by atoms with Gasteiger partial charge in [-0.15, -0.1) is 0 Å². The minimum atomic E-state index is -1.12. The molecule has 0 aliphatic heterocycles. The summed E-state index contributed by atoms with van der Waals surface area (Å²) < 4.78 is 15.5. The molecule has 0 unspecified atom stereocenters. The van der Waals surface area contributed by atoms with Crippen molar-refractivity contribution in [2.75, 3.05) is 0 Å². The summed E-state index contributed by atoms with van der Waals surface area (Å²) in [5, 5.41) is 11.5. The Hall–Kier alpha value is -2.89. The third-order valence-electron chi connectivity index (χ3n) is 3.67. The van der Waals surface area contributed by atoms with Crippen LogP contribution in [0.4, 0.5) is 9.18 Å². The minimum Gasteiger partial charge on any atom is -0.465 e. The summed E-state index contributed by atoms with van der Waals surface area (Å²) >= 11 is 0. The molecule has 1 amide bonds. The molecule has 1 heterocycles. The monoisotopic (exact) mass is 313 g/mol. The van der Waals surface area contributed by atoms with Gasteiger partial charge in [0.15, 0.2) is 0 Å². The van der Waals surface area contributed by atoms with Gasteiger partial charge >= 0.3 is 6.09 Å². The van der Waals surface area contributed by atoms with Gasteiger partial charge in [0.1, 0.15) is 11.6 Å². The largest absolute Gasteiger partial charge is 0.465 e. The molecule has 5 nitrogen and oxygen atoms in total. The fraction of sp³-hybridized carbons (Fsp3) is 0.176. The van der Waals surface area contributed by atoms with E-state index in [9.17, 15) is 9.18 Å². The zero-order valence-electron chi connectivity index (χ0n) is 12.5. The summed E-state index contributed by atoms with van der Waals surface area (Å²) in [5.74, 6) is 0.182. The molecule has 0 aliphatic carbocycles. The Morgan fingerprint density at radius 2 is 2.04 bits per heavy atom. The Balaban J connectivity index is 2.26. The number of imidazole rings is 1. The third-order valence-corrected chi connectivity index (χ3v) is 3.67. The Morgan fingerprint density at radius 3 is 2.70 bits per heavy atom. The van der Waals surface area contributed by atoms with Crippen molar-refractivity contribution >= 4 is 17.1 Å². The molecule has 2 N–H and O–H groups in total. The lowest BCUT2D eigenvalue weighted by Gasteiger charge is -2.17. The number of carboxylic acid groups (broad SMARTS) is 1. The first-order chi connectivity index (χ1) is 11.1. The van der Waals surface area contributed by atoms with Crippen LogP contribution >= 0.6 is 0 Å². The SMILES string of the molecule is CC[C@H](NC(=O)O)c1nc2ccc(F)cc2n1-c1ccccc1. The van der Waals surface area contributed by atoms with Gasteiger partial charge in [-0.1, -0.05) is 25.1 Å². The smallest absolute Gasteiger partial charge is 0.405 e. The van der Waals surface area contributed by atoms with Crippen LogP contribution in [0.1, 0.15) is 25.2 Å². The van der Waals surface area contributed by atoms with Gasteiger partial charge in [-0.2, -0.15) is 0 Å². The van der Waals surface area contributed by atoms with Crippen LogP contribution in [0.5, 0.6) is 0 Å². The second-order valence-corrected chi connectivity index (χ2v) is 5.18. The maximum atomic E-state index is 13.7. The van der Waals surface area contributed by atoms with Crippen molar-refractivity contribution in [1.82, 2.24) is 14.9 Å². The topological polar surface area (TPSA) is 67.2 Å². The first kappa shape index (κ1) is 15.0. The number of amides is 1. The summed E-state index contributed by atoms with van der Waals surface area (Å²) in [7, 11) is 0. The molecule has 23 heavy (non-hydrogen) atoms. The van der Waals surface area contributed by atoms with Gasteiger partial charge in [-0.3, -0.25) is 4.57 Å². The second kappa shape index (κ2) is 6.08. The number of benzene rings is 2. The van der Waals surface area contributed by atoms with Crippen LogP contribution in [0.3, 0.4) is 0 Å². The van der Waals surface area contributed by atoms with Crippen LogP contribution in [0.15, 0.2) is 48.5 Å². The lowest BCUT2D eigenvalue weighted by molar-refractivity contribution is 0.189. The van der Waals surface area contributed by atoms with E-state index < -0.39 is 12.1 Å². The highest BCUT2D eigenvalue weighted by Crippen LogP contribution is 2.27. The maximum absolute atomic E-state index is 13.7. The van der Waals surface area contributed by atoms with Gasteiger partial charge < -0.3 is 10.4 Å². The molecule has 118 valence electrons. The molecule has 0 spiro atoms. The molecule has 0 fully saturated rings. The average molecular weight is 313 g/mol. The standard InChI is InChI=1S/C17H16FN3O2/c1-2-13(20-17(22)23)16-19-14-9-8-11(18)10-15(14)21(16)12-6-4-3-5-7-12/h3-10,13,20H,2H2,1H3,(H,22,23)/t13-/m0/s1. The zero-order chi connectivity index (χ0) is 16.4. The van der Waals surface area contributed by atoms with Crippen molar-refractivity contribution in [3.05, 3.63) is 60.2 Å². The number of para-hydroxylation sites is 1. The predicted molar refractivity (Wildman–Crippen MR) is 85.2 cm³/mol. The van der Waals surface area contributed by atoms with Crippen LogP contribution in [-0.2, 0) is 0 Å². The zero-order valence-corrected chi connectivity index (χ0v) is 12.5. The quantitative estimate of drug-likeness (QED) is 0.768. The van der Waals surface area contributed by atoms with Crippen LogP contribution in [0.2, 0.25) is 0 Å². The molecule has 0 saturated carbocycles. The average Bonchev–Trinajstić information content (AvgIpc) is 2.91. The van der Waals surface area contributed by atoms with E-state index in [-0.39, 0.29) is 5.82 Å². The fourth-order valence-corrected chi connectivity index (χ4v) is 2.65. The summed E-state index contributed by atoms with van der Waals surface area (Å²) in [4.78, 5) is 15.6. The highest BCUT2D eigenvalue weighted by molar-refractivity contribution is 5.78. The van der Waals surface area contributed by atoms with Crippen molar-refractivity contribution in [1.29, 1.82) is 0 Å². The van der Waals surface area contributed by atoms with E-state index in [1.807, 2.05) is 37.3 Å². The van der Waals surface area contributed by atoms with Crippen molar-refractivity contribution in [3.8, 4) is 5.69 Å². The summed E-state index contributed by atoms with van der Waals surface area (Å²) in [5.41, 5.74) is 2.04. The van der Waals surface area contributed by atoms with Gasteiger partial charge in [0.25, 0.3) is 0 Å². The molecule has 3 aromatic rings. The number of fused-ring (bicyclic) bond motifs is 1. The van der Waals surface area contributed by atoms with Crippen LogP contribution < -0.4 is 5.32 Å². The minimum absolute atomic E-state index is 0.361. The first-order valence-corrected chi connectivity index (χ1v) is 7.33. The van der Waals surface area contributed by atoms with E-state index in [2.05, 4.69) is 10.3 Å². The van der Waals surface area contributed by atoms with Gasteiger partial charge in [0, 0.05) is 11.8 Å². The number of aromatic nitrogens is 2. The van der Waals surface area contributed by atoms with Crippen LogP contribution in [-0.4, -0.2) is 20.8 Å². The molecule has 1 atom stereocenters. The van der Waals surface area contributed by atoms with Crippen molar-refractivity contribution in [3.63, 3.8) is 0 Å². The summed E-state index contributed by atoms with van der Waals surface area (Å²) in [6.45, 7) is 1.87. The third kappa shape index (κ3) is 2.88. The molecule has 0 radical (unpaired) electrons. The molecule has 3 rings (SSSR count). The molecule has 2 aromatic carbocycles. The second-order valence-electron chi connectivity index (χ2n) is 5.18. The van der Waals surface area contributed by atoms with E-state index in [0.29, 0.717) is 23.3 Å². The Kier molecular flexibility index (Phi) is 3.97. The van der Waals surface area contributed by atoms with Crippen LogP contribution in [0, 0.1) is 5.82 Å². The van der Waals surface area contributed by atoms with Gasteiger partial charge in [-0.25, -0.2) is 14.2 Å². The lowest BCUT2D eigenvalue weighted by Crippen LogP contribution is -2.28. The molecular formula is C17H16FN3O2. The predicted octanol–water partition coefficient (Wildman–Crippen LogP) is 3.88. The molecule has 0 aliphatic rings. The highest BCUT2D eigenvalue weighted by atomic mass is 19.1. The fourth-order valence-electron chi connectivity index (χ4n) is 2.65. The number of nitrogens with zero attached hydrogens (tertiary/aromatic N) is 2. The van der Waals surface area contributed by atoms with E-state index in [4.69, 9.17) is 5.11 Å². The number of rotatable bonds is 4. The Morgan fingerprint density at radius 1 is 1.30 bits per heavy atom. The first-order valence-electron chi connectivity index (χ1n) is 7.33. The number of hydrogen-bond acceptors (Lipinski definition) is 2. The normalized spacial score (nSPS) is 12.3. The maximum Gasteiger partial charge on any atom is 0.405 e. The van der Waals surface area contributed by atoms with Crippen molar-refractivity contribution in [2.24, 2.45) is 0 Å². The lowest BCUT2D eigenvalue weighted by atomic mass is 10.2. The molecule has 0 saturated heterocycles. The number of carbonyl (C=O) groups is 1. The number of halogens is 1. The van der Waals surface area contributed by atoms with Crippen molar-refractivity contribution in [2.45, 2.75) is 19.4 Å². The van der Waals surface area contributed by atoms with Gasteiger partial charge in [0.05, 0.1) is 17.1 Å².